The fourth-order valence-electron chi connectivity index (χ4n) is 2.74. The van der Waals surface area contributed by atoms with Crippen molar-refractivity contribution in [1.29, 1.82) is 0 Å². The first-order valence-electron chi connectivity index (χ1n) is 6.84. The summed E-state index contributed by atoms with van der Waals surface area (Å²) in [6.07, 6.45) is 3.38. The number of hydrogen-bond acceptors (Lipinski definition) is 4. The van der Waals surface area contributed by atoms with E-state index in [1.807, 2.05) is 18.2 Å². The average Bonchev–Trinajstić information content (AvgIpc) is 2.47. The Morgan fingerprint density at radius 2 is 2.00 bits per heavy atom. The van der Waals surface area contributed by atoms with Crippen molar-refractivity contribution in [2.24, 2.45) is 0 Å². The fraction of sp³-hybridized carbons (Fsp3) is 0.333. The van der Waals surface area contributed by atoms with E-state index < -0.39 is 5.97 Å². The van der Waals surface area contributed by atoms with Gasteiger partial charge in [-0.2, -0.15) is 0 Å². The van der Waals surface area contributed by atoms with Crippen molar-refractivity contribution in [1.82, 2.24) is 4.98 Å². The second kappa shape index (κ2) is 5.00. The lowest BCUT2D eigenvalue weighted by Crippen LogP contribution is -2.31. The number of anilines is 2. The molecule has 1 aromatic heterocycles. The number of hydrogen-bond donors (Lipinski definition) is 2. The number of carboxylic acids is 1. The van der Waals surface area contributed by atoms with Gasteiger partial charge in [0.2, 0.25) is 0 Å². The molecule has 20 heavy (non-hydrogen) atoms. The first-order chi connectivity index (χ1) is 9.66. The number of nitrogens with zero attached hydrogens (tertiary/aromatic N) is 2. The van der Waals surface area contributed by atoms with Crippen LogP contribution in [0, 0.1) is 0 Å². The highest BCUT2D eigenvalue weighted by Crippen LogP contribution is 2.29. The number of fused-ring (bicyclic) bond motifs is 1. The van der Waals surface area contributed by atoms with Crippen LogP contribution in [0.5, 0.6) is 0 Å². The molecule has 2 aromatic rings. The van der Waals surface area contributed by atoms with Gasteiger partial charge in [-0.25, -0.2) is 9.78 Å². The molecule has 0 spiro atoms. The van der Waals surface area contributed by atoms with Crippen molar-refractivity contribution in [3.63, 3.8) is 0 Å². The van der Waals surface area contributed by atoms with Gasteiger partial charge in [0, 0.05) is 18.5 Å². The molecule has 0 atom stereocenters. The van der Waals surface area contributed by atoms with Crippen molar-refractivity contribution in [3.8, 4) is 0 Å². The predicted molar refractivity (Wildman–Crippen MR) is 79.2 cm³/mol. The Hall–Kier alpha value is -2.30. The van der Waals surface area contributed by atoms with Crippen molar-refractivity contribution in [2.75, 3.05) is 23.7 Å². The van der Waals surface area contributed by atoms with E-state index in [1.165, 1.54) is 6.42 Å². The Balaban J connectivity index is 2.18. The van der Waals surface area contributed by atoms with Crippen LogP contribution in [0.4, 0.5) is 11.4 Å². The Bertz CT molecular complexity index is 663. The molecule has 5 heteroatoms. The largest absolute Gasteiger partial charge is 0.476 e. The Morgan fingerprint density at radius 3 is 2.70 bits per heavy atom. The lowest BCUT2D eigenvalue weighted by atomic mass is 10.1. The lowest BCUT2D eigenvalue weighted by Gasteiger charge is -2.29. The van der Waals surface area contributed by atoms with Gasteiger partial charge >= 0.3 is 5.97 Å². The minimum atomic E-state index is -1.00. The van der Waals surface area contributed by atoms with Crippen molar-refractivity contribution >= 4 is 28.2 Å². The van der Waals surface area contributed by atoms with E-state index in [4.69, 9.17) is 5.73 Å². The molecule has 0 aliphatic carbocycles. The van der Waals surface area contributed by atoms with E-state index in [0.29, 0.717) is 16.9 Å². The third-order valence-electron chi connectivity index (χ3n) is 3.76. The number of carbonyl (C=O) groups is 1. The molecule has 1 aliphatic rings. The van der Waals surface area contributed by atoms with E-state index in [0.717, 1.165) is 31.3 Å². The molecule has 1 aromatic carbocycles. The van der Waals surface area contributed by atoms with Crippen LogP contribution in [-0.2, 0) is 0 Å². The summed E-state index contributed by atoms with van der Waals surface area (Å²) >= 11 is 0. The zero-order valence-corrected chi connectivity index (χ0v) is 11.2. The summed E-state index contributed by atoms with van der Waals surface area (Å²) in [6, 6.07) is 7.41. The molecule has 1 aliphatic heterocycles. The van der Waals surface area contributed by atoms with E-state index in [1.54, 1.807) is 6.07 Å². The minimum absolute atomic E-state index is 0.0947. The molecule has 0 saturated carbocycles. The van der Waals surface area contributed by atoms with Gasteiger partial charge < -0.3 is 15.7 Å². The molecule has 3 rings (SSSR count). The Labute approximate surface area is 117 Å². The average molecular weight is 271 g/mol. The topological polar surface area (TPSA) is 79.5 Å². The maximum Gasteiger partial charge on any atom is 0.356 e. The SMILES string of the molecule is Nc1cccc2cc(N3CCCCC3)c(C(=O)O)nc12. The number of aromatic carboxylic acids is 1. The summed E-state index contributed by atoms with van der Waals surface area (Å²) in [7, 11) is 0. The smallest absolute Gasteiger partial charge is 0.356 e. The number of nitrogen functional groups attached to an aromatic ring is 1. The Morgan fingerprint density at radius 1 is 1.25 bits per heavy atom. The number of para-hydroxylation sites is 1. The van der Waals surface area contributed by atoms with Crippen LogP contribution in [0.3, 0.4) is 0 Å². The predicted octanol–water partition coefficient (Wildman–Crippen LogP) is 2.51. The summed E-state index contributed by atoms with van der Waals surface area (Å²) in [6.45, 7) is 1.77. The number of pyridine rings is 1. The van der Waals surface area contributed by atoms with Crippen LogP contribution < -0.4 is 10.6 Å². The minimum Gasteiger partial charge on any atom is -0.476 e. The monoisotopic (exact) mass is 271 g/mol. The number of rotatable bonds is 2. The van der Waals surface area contributed by atoms with E-state index in [9.17, 15) is 9.90 Å². The van der Waals surface area contributed by atoms with E-state index in [-0.39, 0.29) is 5.69 Å². The highest BCUT2D eigenvalue weighted by molar-refractivity contribution is 5.99. The van der Waals surface area contributed by atoms with Crippen LogP contribution in [0.2, 0.25) is 0 Å². The summed E-state index contributed by atoms with van der Waals surface area (Å²) in [4.78, 5) is 17.9. The second-order valence-corrected chi connectivity index (χ2v) is 5.13. The molecule has 1 saturated heterocycles. The van der Waals surface area contributed by atoms with Gasteiger partial charge in [-0.3, -0.25) is 0 Å². The molecule has 0 bridgehead atoms. The maximum absolute atomic E-state index is 11.5. The molecule has 2 heterocycles. The zero-order chi connectivity index (χ0) is 14.1. The number of aromatic nitrogens is 1. The quantitative estimate of drug-likeness (QED) is 0.820. The van der Waals surface area contributed by atoms with Crippen molar-refractivity contribution in [3.05, 3.63) is 30.0 Å². The summed E-state index contributed by atoms with van der Waals surface area (Å²) in [5.41, 5.74) is 7.75. The molecule has 3 N–H and O–H groups in total. The molecular formula is C15H17N3O2. The first-order valence-corrected chi connectivity index (χ1v) is 6.84. The number of benzene rings is 1. The first kappa shape index (κ1) is 12.7. The Kier molecular flexibility index (Phi) is 3.18. The number of carboxylic acid groups (broad SMARTS) is 1. The molecule has 104 valence electrons. The summed E-state index contributed by atoms with van der Waals surface area (Å²) in [5.74, 6) is -1.00. The van der Waals surface area contributed by atoms with Crippen LogP contribution >= 0.6 is 0 Å². The van der Waals surface area contributed by atoms with Gasteiger partial charge in [-0.1, -0.05) is 12.1 Å². The third kappa shape index (κ3) is 2.15. The highest BCUT2D eigenvalue weighted by atomic mass is 16.4. The third-order valence-corrected chi connectivity index (χ3v) is 3.76. The van der Waals surface area contributed by atoms with Gasteiger partial charge in [0.1, 0.15) is 0 Å². The van der Waals surface area contributed by atoms with E-state index in [2.05, 4.69) is 9.88 Å². The van der Waals surface area contributed by atoms with Crippen molar-refractivity contribution in [2.45, 2.75) is 19.3 Å². The highest BCUT2D eigenvalue weighted by Gasteiger charge is 2.21. The number of piperidine rings is 1. The second-order valence-electron chi connectivity index (χ2n) is 5.13. The molecule has 0 amide bonds. The van der Waals surface area contributed by atoms with E-state index >= 15 is 0 Å². The van der Waals surface area contributed by atoms with Gasteiger partial charge in [0.25, 0.3) is 0 Å². The molecule has 5 nitrogen and oxygen atoms in total. The molecule has 1 fully saturated rings. The van der Waals surface area contributed by atoms with Gasteiger partial charge in [0.05, 0.1) is 16.9 Å². The number of nitrogens with two attached hydrogens (primary N) is 1. The normalized spacial score (nSPS) is 15.5. The molecular weight excluding hydrogens is 254 g/mol. The zero-order valence-electron chi connectivity index (χ0n) is 11.2. The summed E-state index contributed by atoms with van der Waals surface area (Å²) in [5, 5.41) is 10.3. The van der Waals surface area contributed by atoms with Crippen LogP contribution in [0.15, 0.2) is 24.3 Å². The van der Waals surface area contributed by atoms with Gasteiger partial charge in [0.15, 0.2) is 5.69 Å². The van der Waals surface area contributed by atoms with Gasteiger partial charge in [-0.05, 0) is 31.4 Å². The fourth-order valence-corrected chi connectivity index (χ4v) is 2.74. The molecule has 0 radical (unpaired) electrons. The molecule has 0 unspecified atom stereocenters. The van der Waals surface area contributed by atoms with Crippen LogP contribution in [0.1, 0.15) is 29.8 Å². The maximum atomic E-state index is 11.5. The van der Waals surface area contributed by atoms with Gasteiger partial charge in [-0.15, -0.1) is 0 Å². The standard InChI is InChI=1S/C15H17N3O2/c16-11-6-4-5-10-9-12(18-7-2-1-3-8-18)14(15(19)20)17-13(10)11/h4-6,9H,1-3,7-8,16H2,(H,19,20). The lowest BCUT2D eigenvalue weighted by molar-refractivity contribution is 0.0691. The summed E-state index contributed by atoms with van der Waals surface area (Å²) < 4.78 is 0. The van der Waals surface area contributed by atoms with Crippen LogP contribution in [0.25, 0.3) is 10.9 Å². The van der Waals surface area contributed by atoms with Crippen molar-refractivity contribution < 1.29 is 9.90 Å². The van der Waals surface area contributed by atoms with Crippen LogP contribution in [-0.4, -0.2) is 29.1 Å².